The number of anilines is 2. The number of nitrogens with zero attached hydrogens (tertiary/aromatic N) is 4. The van der Waals surface area contributed by atoms with Crippen LogP contribution < -0.4 is 15.4 Å². The van der Waals surface area contributed by atoms with E-state index in [0.29, 0.717) is 17.2 Å². The molecule has 0 aliphatic heterocycles. The van der Waals surface area contributed by atoms with Crippen molar-refractivity contribution in [1.29, 1.82) is 0 Å². The number of benzene rings is 2. The number of hydrogen-bond acceptors (Lipinski definition) is 6. The van der Waals surface area contributed by atoms with Crippen LogP contribution in [-0.2, 0) is 11.8 Å². The summed E-state index contributed by atoms with van der Waals surface area (Å²) in [6, 6.07) is 12.1. The lowest BCUT2D eigenvalue weighted by atomic mass is 10.2. The van der Waals surface area contributed by atoms with Crippen LogP contribution in [0.2, 0.25) is 0 Å². The third-order valence-electron chi connectivity index (χ3n) is 3.57. The number of halogens is 3. The molecule has 0 radical (unpaired) electrons. The Hall–Kier alpha value is -3.63. The summed E-state index contributed by atoms with van der Waals surface area (Å²) in [5, 5.41) is 16.8. The van der Waals surface area contributed by atoms with Crippen molar-refractivity contribution >= 4 is 17.3 Å². The number of aryl methyl sites for hydroxylation is 1. The highest BCUT2D eigenvalue weighted by Gasteiger charge is 2.30. The van der Waals surface area contributed by atoms with Gasteiger partial charge in [0.2, 0.25) is 5.91 Å². The van der Waals surface area contributed by atoms with E-state index in [1.807, 2.05) is 6.07 Å². The number of alkyl halides is 3. The number of nitrogens with one attached hydrogen (secondary N) is 2. The minimum Gasteiger partial charge on any atom is -0.406 e. The van der Waals surface area contributed by atoms with Crippen molar-refractivity contribution in [3.8, 4) is 17.1 Å². The number of ether oxygens (including phenoxy) is 1. The van der Waals surface area contributed by atoms with E-state index in [9.17, 15) is 18.0 Å². The Balaban J connectivity index is 1.55. The SMILES string of the molecule is Cn1nnnc1-c1cccc(NCC(=O)Nc2ccc(OC(F)(F)F)cc2)c1. The van der Waals surface area contributed by atoms with Crippen molar-refractivity contribution in [2.24, 2.45) is 7.05 Å². The van der Waals surface area contributed by atoms with Gasteiger partial charge in [0.05, 0.1) is 6.54 Å². The fraction of sp³-hybridized carbons (Fsp3) is 0.176. The Morgan fingerprint density at radius 2 is 1.89 bits per heavy atom. The maximum atomic E-state index is 12.1. The molecule has 1 amide bonds. The minimum atomic E-state index is -4.76. The summed E-state index contributed by atoms with van der Waals surface area (Å²) >= 11 is 0. The van der Waals surface area contributed by atoms with Crippen molar-refractivity contribution in [2.45, 2.75) is 6.36 Å². The summed E-state index contributed by atoms with van der Waals surface area (Å²) in [5.74, 6) is -0.150. The Labute approximate surface area is 157 Å². The molecule has 8 nitrogen and oxygen atoms in total. The van der Waals surface area contributed by atoms with Crippen LogP contribution in [0, 0.1) is 0 Å². The number of tetrazole rings is 1. The zero-order valence-electron chi connectivity index (χ0n) is 14.6. The van der Waals surface area contributed by atoms with Gasteiger partial charge in [-0.2, -0.15) is 0 Å². The van der Waals surface area contributed by atoms with Gasteiger partial charge in [-0.25, -0.2) is 4.68 Å². The quantitative estimate of drug-likeness (QED) is 0.670. The van der Waals surface area contributed by atoms with Gasteiger partial charge >= 0.3 is 6.36 Å². The van der Waals surface area contributed by atoms with Crippen LogP contribution in [0.15, 0.2) is 48.5 Å². The monoisotopic (exact) mass is 392 g/mol. The molecule has 3 aromatic rings. The second-order valence-corrected chi connectivity index (χ2v) is 5.68. The maximum absolute atomic E-state index is 12.1. The second kappa shape index (κ2) is 7.94. The summed E-state index contributed by atoms with van der Waals surface area (Å²) in [7, 11) is 1.72. The molecule has 11 heteroatoms. The predicted molar refractivity (Wildman–Crippen MR) is 94.5 cm³/mol. The molecular formula is C17H15F3N6O2. The number of amides is 1. The van der Waals surface area contributed by atoms with Crippen molar-refractivity contribution < 1.29 is 22.7 Å². The molecule has 28 heavy (non-hydrogen) atoms. The molecule has 0 fully saturated rings. The van der Waals surface area contributed by atoms with Gasteiger partial charge in [0.1, 0.15) is 5.75 Å². The van der Waals surface area contributed by atoms with Gasteiger partial charge in [0.15, 0.2) is 5.82 Å². The summed E-state index contributed by atoms with van der Waals surface area (Å²) in [6.45, 7) is -0.0404. The zero-order chi connectivity index (χ0) is 20.1. The largest absolute Gasteiger partial charge is 0.573 e. The topological polar surface area (TPSA) is 94.0 Å². The molecule has 0 aliphatic carbocycles. The molecule has 2 N–H and O–H groups in total. The van der Waals surface area contributed by atoms with Crippen molar-refractivity contribution in [1.82, 2.24) is 20.2 Å². The Morgan fingerprint density at radius 3 is 2.54 bits per heavy atom. The number of hydrogen-bond donors (Lipinski definition) is 2. The molecule has 0 spiro atoms. The third-order valence-corrected chi connectivity index (χ3v) is 3.57. The van der Waals surface area contributed by atoms with Crippen LogP contribution in [0.1, 0.15) is 0 Å². The number of carbonyl (C=O) groups excluding carboxylic acids is 1. The Morgan fingerprint density at radius 1 is 1.14 bits per heavy atom. The number of aromatic nitrogens is 4. The van der Waals surface area contributed by atoms with Gasteiger partial charge in [-0.15, -0.1) is 18.3 Å². The lowest BCUT2D eigenvalue weighted by Gasteiger charge is -2.11. The standard InChI is InChI=1S/C17H15F3N6O2/c1-26-16(23-24-25-26)11-3-2-4-13(9-11)21-10-15(27)22-12-5-7-14(8-6-12)28-17(18,19)20/h2-9,21H,10H2,1H3,(H,22,27). The molecule has 0 unspecified atom stereocenters. The highest BCUT2D eigenvalue weighted by atomic mass is 19.4. The first-order valence-corrected chi connectivity index (χ1v) is 8.02. The third kappa shape index (κ3) is 5.19. The van der Waals surface area contributed by atoms with Crippen molar-refractivity contribution in [3.63, 3.8) is 0 Å². The van der Waals surface area contributed by atoms with Gasteiger partial charge in [0.25, 0.3) is 0 Å². The molecule has 3 rings (SSSR count). The fourth-order valence-electron chi connectivity index (χ4n) is 2.37. The van der Waals surface area contributed by atoms with E-state index in [1.165, 1.54) is 16.8 Å². The summed E-state index contributed by atoms with van der Waals surface area (Å²) in [6.07, 6.45) is -4.76. The lowest BCUT2D eigenvalue weighted by molar-refractivity contribution is -0.274. The average molecular weight is 392 g/mol. The molecule has 0 aliphatic rings. The molecule has 1 heterocycles. The van der Waals surface area contributed by atoms with Crippen LogP contribution in [0.5, 0.6) is 5.75 Å². The van der Waals surface area contributed by atoms with Crippen molar-refractivity contribution in [3.05, 3.63) is 48.5 Å². The van der Waals surface area contributed by atoms with Crippen LogP contribution in [0.4, 0.5) is 24.5 Å². The number of carbonyl (C=O) groups is 1. The molecular weight excluding hydrogens is 377 g/mol. The van der Waals surface area contributed by atoms with Gasteiger partial charge in [0, 0.05) is 24.0 Å². The van der Waals surface area contributed by atoms with E-state index in [0.717, 1.165) is 17.7 Å². The summed E-state index contributed by atoms with van der Waals surface area (Å²) in [5.41, 5.74) is 1.81. The Kier molecular flexibility index (Phi) is 5.43. The molecule has 1 aromatic heterocycles. The first-order chi connectivity index (χ1) is 13.3. The van der Waals surface area contributed by atoms with Crippen LogP contribution in [0.25, 0.3) is 11.4 Å². The lowest BCUT2D eigenvalue weighted by Crippen LogP contribution is -2.21. The highest BCUT2D eigenvalue weighted by Crippen LogP contribution is 2.24. The minimum absolute atomic E-state index is 0.0404. The van der Waals surface area contributed by atoms with E-state index in [2.05, 4.69) is 30.9 Å². The van der Waals surface area contributed by atoms with E-state index in [-0.39, 0.29) is 18.2 Å². The van der Waals surface area contributed by atoms with Gasteiger partial charge in [-0.05, 0) is 46.8 Å². The van der Waals surface area contributed by atoms with E-state index in [1.54, 1.807) is 25.2 Å². The number of rotatable bonds is 6. The van der Waals surface area contributed by atoms with E-state index < -0.39 is 6.36 Å². The van der Waals surface area contributed by atoms with E-state index in [4.69, 9.17) is 0 Å². The molecule has 0 saturated carbocycles. The average Bonchev–Trinajstić information content (AvgIpc) is 3.07. The molecule has 146 valence electrons. The molecule has 2 aromatic carbocycles. The fourth-order valence-corrected chi connectivity index (χ4v) is 2.37. The Bertz CT molecular complexity index is 956. The first-order valence-electron chi connectivity index (χ1n) is 8.02. The summed E-state index contributed by atoms with van der Waals surface area (Å²) < 4.78 is 41.7. The molecule has 0 bridgehead atoms. The molecule has 0 saturated heterocycles. The van der Waals surface area contributed by atoms with E-state index >= 15 is 0 Å². The first kappa shape index (κ1) is 19.1. The van der Waals surface area contributed by atoms with Crippen LogP contribution >= 0.6 is 0 Å². The van der Waals surface area contributed by atoms with Gasteiger partial charge < -0.3 is 15.4 Å². The van der Waals surface area contributed by atoms with Gasteiger partial charge in [-0.3, -0.25) is 4.79 Å². The highest BCUT2D eigenvalue weighted by molar-refractivity contribution is 5.93. The second-order valence-electron chi connectivity index (χ2n) is 5.68. The van der Waals surface area contributed by atoms with Crippen LogP contribution in [-0.4, -0.2) is 39.0 Å². The molecule has 0 atom stereocenters. The van der Waals surface area contributed by atoms with Gasteiger partial charge in [-0.1, -0.05) is 12.1 Å². The normalized spacial score (nSPS) is 11.1. The predicted octanol–water partition coefficient (Wildman–Crippen LogP) is 2.83. The zero-order valence-corrected chi connectivity index (χ0v) is 14.6. The maximum Gasteiger partial charge on any atom is 0.573 e. The van der Waals surface area contributed by atoms with Crippen LogP contribution in [0.3, 0.4) is 0 Å². The summed E-state index contributed by atoms with van der Waals surface area (Å²) in [4.78, 5) is 12.0. The smallest absolute Gasteiger partial charge is 0.406 e. The van der Waals surface area contributed by atoms with Crippen molar-refractivity contribution in [2.75, 3.05) is 17.2 Å².